The predicted octanol–water partition coefficient (Wildman–Crippen LogP) is 1.03. The molecule has 1 aromatic carbocycles. The van der Waals surface area contributed by atoms with Gasteiger partial charge in [0.1, 0.15) is 0 Å². The molecule has 2 rings (SSSR count). The average molecular weight is 306 g/mol. The summed E-state index contributed by atoms with van der Waals surface area (Å²) in [5.41, 5.74) is 6.45. The fourth-order valence-electron chi connectivity index (χ4n) is 1.67. The van der Waals surface area contributed by atoms with Crippen molar-refractivity contribution in [1.82, 2.24) is 9.97 Å². The second-order valence-electron chi connectivity index (χ2n) is 4.49. The third kappa shape index (κ3) is 3.54. The Morgan fingerprint density at radius 3 is 2.38 bits per heavy atom. The summed E-state index contributed by atoms with van der Waals surface area (Å²) in [6.45, 7) is 1.73. The number of primary amides is 1. The molecule has 0 bridgehead atoms. The minimum atomic E-state index is -3.25. The summed E-state index contributed by atoms with van der Waals surface area (Å²) >= 11 is 0. The van der Waals surface area contributed by atoms with Gasteiger partial charge in [0.25, 0.3) is 5.91 Å². The Kier molecular flexibility index (Phi) is 3.90. The van der Waals surface area contributed by atoms with Gasteiger partial charge in [0.15, 0.2) is 21.3 Å². The summed E-state index contributed by atoms with van der Waals surface area (Å²) in [7, 11) is -3.25. The van der Waals surface area contributed by atoms with Crippen LogP contribution in [0.15, 0.2) is 35.4 Å². The van der Waals surface area contributed by atoms with Gasteiger partial charge in [-0.2, -0.15) is 0 Å². The largest absolute Gasteiger partial charge is 0.364 e. The molecule has 110 valence electrons. The van der Waals surface area contributed by atoms with Crippen LogP contribution in [-0.2, 0) is 9.84 Å². The van der Waals surface area contributed by atoms with E-state index in [1.165, 1.54) is 18.3 Å². The van der Waals surface area contributed by atoms with E-state index in [1.54, 1.807) is 19.1 Å². The zero-order chi connectivity index (χ0) is 15.6. The van der Waals surface area contributed by atoms with E-state index in [0.29, 0.717) is 11.4 Å². The molecule has 0 saturated heterocycles. The average Bonchev–Trinajstić information content (AvgIpc) is 2.38. The highest BCUT2D eigenvalue weighted by molar-refractivity contribution is 7.90. The maximum absolute atomic E-state index is 11.4. The van der Waals surface area contributed by atoms with E-state index >= 15 is 0 Å². The molecule has 0 aliphatic rings. The Hall–Kier alpha value is -2.48. The van der Waals surface area contributed by atoms with Crippen molar-refractivity contribution in [2.45, 2.75) is 11.8 Å². The summed E-state index contributed by atoms with van der Waals surface area (Å²) in [4.78, 5) is 19.6. The second-order valence-corrected chi connectivity index (χ2v) is 6.51. The van der Waals surface area contributed by atoms with E-state index in [9.17, 15) is 13.2 Å². The second kappa shape index (κ2) is 5.49. The molecule has 0 spiro atoms. The van der Waals surface area contributed by atoms with Gasteiger partial charge in [-0.25, -0.2) is 18.4 Å². The highest BCUT2D eigenvalue weighted by atomic mass is 32.2. The van der Waals surface area contributed by atoms with Gasteiger partial charge >= 0.3 is 0 Å². The first-order valence-electron chi connectivity index (χ1n) is 5.98. The third-order valence-corrected chi connectivity index (χ3v) is 3.80. The molecule has 21 heavy (non-hydrogen) atoms. The van der Waals surface area contributed by atoms with E-state index in [-0.39, 0.29) is 16.4 Å². The number of carbonyl (C=O) groups excluding carboxylic acids is 1. The SMILES string of the molecule is Cc1cnc(C(N)=O)c(Nc2ccc(S(C)(=O)=O)cc2)n1. The minimum Gasteiger partial charge on any atom is -0.364 e. The number of hydrogen-bond donors (Lipinski definition) is 2. The van der Waals surface area contributed by atoms with Crippen LogP contribution in [0.2, 0.25) is 0 Å². The number of hydrogen-bond acceptors (Lipinski definition) is 6. The number of sulfone groups is 1. The molecule has 7 nitrogen and oxygen atoms in total. The minimum absolute atomic E-state index is 0.0211. The molecule has 0 aliphatic carbocycles. The molecule has 0 fully saturated rings. The molecular weight excluding hydrogens is 292 g/mol. The van der Waals surface area contributed by atoms with E-state index in [4.69, 9.17) is 5.73 Å². The van der Waals surface area contributed by atoms with E-state index < -0.39 is 15.7 Å². The Morgan fingerprint density at radius 1 is 1.24 bits per heavy atom. The fourth-order valence-corrected chi connectivity index (χ4v) is 2.30. The van der Waals surface area contributed by atoms with Crippen molar-refractivity contribution in [3.05, 3.63) is 41.9 Å². The molecule has 8 heteroatoms. The fraction of sp³-hybridized carbons (Fsp3) is 0.154. The number of benzene rings is 1. The zero-order valence-electron chi connectivity index (χ0n) is 11.5. The maximum atomic E-state index is 11.4. The van der Waals surface area contributed by atoms with Crippen molar-refractivity contribution in [2.24, 2.45) is 5.73 Å². The molecule has 3 N–H and O–H groups in total. The van der Waals surface area contributed by atoms with Gasteiger partial charge in [0.05, 0.1) is 10.6 Å². The molecule has 1 aromatic heterocycles. The van der Waals surface area contributed by atoms with Gasteiger partial charge in [-0.1, -0.05) is 0 Å². The van der Waals surface area contributed by atoms with Gasteiger partial charge in [-0.3, -0.25) is 4.79 Å². The van der Waals surface area contributed by atoms with Crippen LogP contribution in [0.1, 0.15) is 16.2 Å². The van der Waals surface area contributed by atoms with E-state index in [1.807, 2.05) is 0 Å². The number of nitrogens with two attached hydrogens (primary N) is 1. The molecule has 0 aliphatic heterocycles. The van der Waals surface area contributed by atoms with Gasteiger partial charge in [0, 0.05) is 18.1 Å². The number of anilines is 2. The molecule has 2 aromatic rings. The van der Waals surface area contributed by atoms with Gasteiger partial charge < -0.3 is 11.1 Å². The lowest BCUT2D eigenvalue weighted by Gasteiger charge is -2.09. The van der Waals surface area contributed by atoms with Crippen LogP contribution in [-0.4, -0.2) is 30.5 Å². The van der Waals surface area contributed by atoms with E-state index in [0.717, 1.165) is 6.26 Å². The van der Waals surface area contributed by atoms with Crippen molar-refractivity contribution >= 4 is 27.2 Å². The van der Waals surface area contributed by atoms with Crippen molar-refractivity contribution < 1.29 is 13.2 Å². The van der Waals surface area contributed by atoms with Crippen molar-refractivity contribution in [2.75, 3.05) is 11.6 Å². The standard InChI is InChI=1S/C13H14N4O3S/c1-8-7-15-11(12(14)18)13(16-8)17-9-3-5-10(6-4-9)21(2,19)20/h3-7H,1-2H3,(H2,14,18)(H,16,17). The highest BCUT2D eigenvalue weighted by Gasteiger charge is 2.12. The quantitative estimate of drug-likeness (QED) is 0.871. The summed E-state index contributed by atoms with van der Waals surface area (Å²) in [5, 5.41) is 2.90. The number of aryl methyl sites for hydroxylation is 1. The monoisotopic (exact) mass is 306 g/mol. The van der Waals surface area contributed by atoms with Crippen LogP contribution in [0.5, 0.6) is 0 Å². The number of carbonyl (C=O) groups is 1. The van der Waals surface area contributed by atoms with Gasteiger partial charge in [-0.15, -0.1) is 0 Å². The Morgan fingerprint density at radius 2 is 1.86 bits per heavy atom. The number of amides is 1. The highest BCUT2D eigenvalue weighted by Crippen LogP contribution is 2.19. The van der Waals surface area contributed by atoms with Crippen LogP contribution < -0.4 is 11.1 Å². The summed E-state index contributed by atoms with van der Waals surface area (Å²) in [5.74, 6) is -0.465. The number of aromatic nitrogens is 2. The first-order valence-corrected chi connectivity index (χ1v) is 7.87. The lowest BCUT2D eigenvalue weighted by Crippen LogP contribution is -2.16. The summed E-state index contributed by atoms with van der Waals surface area (Å²) in [6.07, 6.45) is 2.57. The topological polar surface area (TPSA) is 115 Å². The van der Waals surface area contributed by atoms with Crippen LogP contribution in [0.4, 0.5) is 11.5 Å². The molecule has 0 atom stereocenters. The lowest BCUT2D eigenvalue weighted by atomic mass is 10.3. The third-order valence-electron chi connectivity index (χ3n) is 2.67. The Bertz CT molecular complexity index is 786. The van der Waals surface area contributed by atoms with Crippen LogP contribution in [0.3, 0.4) is 0 Å². The normalized spacial score (nSPS) is 11.1. The summed E-state index contributed by atoms with van der Waals surface area (Å²) in [6, 6.07) is 6.08. The first kappa shape index (κ1) is 14.9. The smallest absolute Gasteiger partial charge is 0.271 e. The number of rotatable bonds is 4. The molecule has 0 saturated carbocycles. The van der Waals surface area contributed by atoms with Crippen LogP contribution in [0, 0.1) is 6.92 Å². The number of nitrogens with zero attached hydrogens (tertiary/aromatic N) is 2. The number of nitrogens with one attached hydrogen (secondary N) is 1. The van der Waals surface area contributed by atoms with Crippen molar-refractivity contribution in [3.63, 3.8) is 0 Å². The molecule has 0 unspecified atom stereocenters. The van der Waals surface area contributed by atoms with E-state index in [2.05, 4.69) is 15.3 Å². The van der Waals surface area contributed by atoms with Crippen molar-refractivity contribution in [1.29, 1.82) is 0 Å². The van der Waals surface area contributed by atoms with Gasteiger partial charge in [-0.05, 0) is 31.2 Å². The predicted molar refractivity (Wildman–Crippen MR) is 78.1 cm³/mol. The molecule has 1 amide bonds. The molecular formula is C13H14N4O3S. The summed E-state index contributed by atoms with van der Waals surface area (Å²) < 4.78 is 22.8. The lowest BCUT2D eigenvalue weighted by molar-refractivity contribution is 0.0996. The Balaban J connectivity index is 2.34. The molecule has 0 radical (unpaired) electrons. The molecule has 1 heterocycles. The van der Waals surface area contributed by atoms with Crippen LogP contribution in [0.25, 0.3) is 0 Å². The van der Waals surface area contributed by atoms with Gasteiger partial charge in [0.2, 0.25) is 0 Å². The Labute approximate surface area is 122 Å². The maximum Gasteiger partial charge on any atom is 0.271 e. The van der Waals surface area contributed by atoms with Crippen molar-refractivity contribution in [3.8, 4) is 0 Å². The first-order chi connectivity index (χ1) is 9.77. The van der Waals surface area contributed by atoms with Crippen LogP contribution >= 0.6 is 0 Å². The zero-order valence-corrected chi connectivity index (χ0v) is 12.3.